The van der Waals surface area contributed by atoms with Crippen molar-refractivity contribution in [3.8, 4) is 23.1 Å². The van der Waals surface area contributed by atoms with Crippen LogP contribution in [0.15, 0.2) is 66.9 Å². The molecule has 2 aromatic carbocycles. The maximum Gasteiger partial charge on any atom is 0.256 e. The molecule has 2 heterocycles. The highest BCUT2D eigenvalue weighted by atomic mass is 35.5. The predicted octanol–water partition coefficient (Wildman–Crippen LogP) is 5.10. The summed E-state index contributed by atoms with van der Waals surface area (Å²) in [7, 11) is 1.59. The Hall–Kier alpha value is -3.91. The number of nitrogens with one attached hydrogen (secondary N) is 1. The quantitative estimate of drug-likeness (QED) is 0.410. The van der Waals surface area contributed by atoms with E-state index < -0.39 is 0 Å². The molecule has 0 atom stereocenters. The third-order valence-electron chi connectivity index (χ3n) is 4.82. The highest BCUT2D eigenvalue weighted by Gasteiger charge is 2.21. The van der Waals surface area contributed by atoms with Gasteiger partial charge in [0, 0.05) is 24.9 Å². The Bertz CT molecular complexity index is 1270. The number of halogens is 2. The molecule has 0 unspecified atom stereocenters. The zero-order valence-corrected chi connectivity index (χ0v) is 18.6. The summed E-state index contributed by atoms with van der Waals surface area (Å²) < 4.78 is 25.5. The Morgan fingerprint density at radius 3 is 2.58 bits per heavy atom. The summed E-state index contributed by atoms with van der Waals surface area (Å²) >= 11 is 6.41. The molecule has 1 amide bonds. The minimum absolute atomic E-state index is 0.150. The first-order valence-electron chi connectivity index (χ1n) is 10.0. The Morgan fingerprint density at radius 2 is 1.88 bits per heavy atom. The van der Waals surface area contributed by atoms with Gasteiger partial charge in [0.15, 0.2) is 0 Å². The number of amides is 1. The van der Waals surface area contributed by atoms with E-state index in [2.05, 4.69) is 15.4 Å². The molecule has 0 bridgehead atoms. The number of ether oxygens (including phenoxy) is 2. The smallest absolute Gasteiger partial charge is 0.256 e. The molecule has 4 rings (SSSR count). The lowest BCUT2D eigenvalue weighted by Gasteiger charge is -2.08. The van der Waals surface area contributed by atoms with E-state index in [1.807, 2.05) is 12.1 Å². The first-order valence-corrected chi connectivity index (χ1v) is 10.4. The van der Waals surface area contributed by atoms with Crippen molar-refractivity contribution in [1.29, 1.82) is 0 Å². The van der Waals surface area contributed by atoms with Gasteiger partial charge in [-0.25, -0.2) is 14.1 Å². The molecule has 0 fully saturated rings. The fourth-order valence-electron chi connectivity index (χ4n) is 3.14. The number of pyridine rings is 1. The van der Waals surface area contributed by atoms with E-state index in [9.17, 15) is 9.18 Å². The van der Waals surface area contributed by atoms with Crippen LogP contribution in [0.25, 0.3) is 5.69 Å². The van der Waals surface area contributed by atoms with E-state index in [1.165, 1.54) is 28.9 Å². The van der Waals surface area contributed by atoms with Crippen molar-refractivity contribution in [3.05, 3.63) is 94.7 Å². The standard InChI is InChI=1S/C24H20ClFN4O3/c1-15-22(23(25)30(29-15)18-9-7-17(26)8-10-18)24(31)28-14-16-6-11-21(27-13-16)33-20-5-3-4-19(12-20)32-2/h3-13H,14H2,1-2H3,(H,28,31). The fourth-order valence-corrected chi connectivity index (χ4v) is 3.50. The number of hydrogen-bond acceptors (Lipinski definition) is 5. The molecule has 0 saturated heterocycles. The Labute approximate surface area is 194 Å². The molecular weight excluding hydrogens is 447 g/mol. The van der Waals surface area contributed by atoms with E-state index in [0.29, 0.717) is 28.8 Å². The van der Waals surface area contributed by atoms with Gasteiger partial charge in [-0.3, -0.25) is 4.79 Å². The summed E-state index contributed by atoms with van der Waals surface area (Å²) in [6.07, 6.45) is 1.62. The van der Waals surface area contributed by atoms with Crippen LogP contribution in [0.4, 0.5) is 4.39 Å². The van der Waals surface area contributed by atoms with Gasteiger partial charge >= 0.3 is 0 Å². The first-order chi connectivity index (χ1) is 15.9. The van der Waals surface area contributed by atoms with Crippen molar-refractivity contribution < 1.29 is 18.7 Å². The molecule has 0 saturated carbocycles. The monoisotopic (exact) mass is 466 g/mol. The normalized spacial score (nSPS) is 10.7. The largest absolute Gasteiger partial charge is 0.497 e. The summed E-state index contributed by atoms with van der Waals surface area (Å²) in [5, 5.41) is 7.28. The van der Waals surface area contributed by atoms with Crippen LogP contribution in [0.2, 0.25) is 5.15 Å². The highest BCUT2D eigenvalue weighted by molar-refractivity contribution is 6.33. The summed E-state index contributed by atoms with van der Waals surface area (Å²) in [6, 6.07) is 16.4. The number of methoxy groups -OCH3 is 1. The van der Waals surface area contributed by atoms with E-state index >= 15 is 0 Å². The van der Waals surface area contributed by atoms with E-state index in [-0.39, 0.29) is 29.0 Å². The molecule has 0 aliphatic heterocycles. The summed E-state index contributed by atoms with van der Waals surface area (Å²) in [4.78, 5) is 17.0. The lowest BCUT2D eigenvalue weighted by Crippen LogP contribution is -2.23. The average molecular weight is 467 g/mol. The minimum Gasteiger partial charge on any atom is -0.497 e. The second-order valence-electron chi connectivity index (χ2n) is 7.11. The molecule has 1 N–H and O–H groups in total. The molecule has 2 aromatic heterocycles. The van der Waals surface area contributed by atoms with E-state index in [4.69, 9.17) is 21.1 Å². The van der Waals surface area contributed by atoms with Gasteiger partial charge in [0.05, 0.1) is 24.1 Å². The van der Waals surface area contributed by atoms with Gasteiger partial charge < -0.3 is 14.8 Å². The van der Waals surface area contributed by atoms with Gasteiger partial charge in [-0.15, -0.1) is 0 Å². The lowest BCUT2D eigenvalue weighted by molar-refractivity contribution is 0.0950. The number of nitrogens with zero attached hydrogens (tertiary/aromatic N) is 3. The molecule has 0 aliphatic carbocycles. The van der Waals surface area contributed by atoms with Crippen LogP contribution in [0.1, 0.15) is 21.6 Å². The number of aryl methyl sites for hydroxylation is 1. The van der Waals surface area contributed by atoms with Gasteiger partial charge in [0.2, 0.25) is 5.88 Å². The fraction of sp³-hybridized carbons (Fsp3) is 0.125. The summed E-state index contributed by atoms with van der Waals surface area (Å²) in [5.41, 5.74) is 2.05. The Kier molecular flexibility index (Phi) is 6.55. The number of carbonyl (C=O) groups excluding carboxylic acids is 1. The second-order valence-corrected chi connectivity index (χ2v) is 7.47. The molecule has 33 heavy (non-hydrogen) atoms. The molecular formula is C24H20ClFN4O3. The van der Waals surface area contributed by atoms with Crippen molar-refractivity contribution >= 4 is 17.5 Å². The van der Waals surface area contributed by atoms with Crippen molar-refractivity contribution in [2.45, 2.75) is 13.5 Å². The second kappa shape index (κ2) is 9.70. The van der Waals surface area contributed by atoms with Crippen molar-refractivity contribution in [1.82, 2.24) is 20.1 Å². The third-order valence-corrected chi connectivity index (χ3v) is 5.17. The molecule has 4 aromatic rings. The van der Waals surface area contributed by atoms with Crippen molar-refractivity contribution in [2.24, 2.45) is 0 Å². The Morgan fingerprint density at radius 1 is 1.12 bits per heavy atom. The summed E-state index contributed by atoms with van der Waals surface area (Å²) in [5.74, 6) is 0.959. The average Bonchev–Trinajstić information content (AvgIpc) is 3.13. The van der Waals surface area contributed by atoms with Crippen LogP contribution in [-0.2, 0) is 6.54 Å². The van der Waals surface area contributed by atoms with Crippen LogP contribution in [-0.4, -0.2) is 27.8 Å². The Balaban J connectivity index is 1.41. The number of rotatable bonds is 7. The maximum atomic E-state index is 13.2. The molecule has 9 heteroatoms. The highest BCUT2D eigenvalue weighted by Crippen LogP contribution is 2.25. The van der Waals surface area contributed by atoms with Gasteiger partial charge in [0.25, 0.3) is 5.91 Å². The summed E-state index contributed by atoms with van der Waals surface area (Å²) in [6.45, 7) is 1.93. The topological polar surface area (TPSA) is 78.3 Å². The van der Waals surface area contributed by atoms with Crippen molar-refractivity contribution in [3.63, 3.8) is 0 Å². The van der Waals surface area contributed by atoms with Crippen molar-refractivity contribution in [2.75, 3.05) is 7.11 Å². The van der Waals surface area contributed by atoms with Gasteiger partial charge in [0.1, 0.15) is 22.5 Å². The van der Waals surface area contributed by atoms with Crippen LogP contribution in [0.3, 0.4) is 0 Å². The molecule has 0 aliphatic rings. The van der Waals surface area contributed by atoms with Gasteiger partial charge in [-0.1, -0.05) is 23.7 Å². The number of benzene rings is 2. The van der Waals surface area contributed by atoms with Crippen LogP contribution in [0.5, 0.6) is 17.4 Å². The number of hydrogen-bond donors (Lipinski definition) is 1. The van der Waals surface area contributed by atoms with E-state index in [1.54, 1.807) is 44.5 Å². The predicted molar refractivity (Wildman–Crippen MR) is 122 cm³/mol. The van der Waals surface area contributed by atoms with Gasteiger partial charge in [-0.2, -0.15) is 5.10 Å². The molecule has 0 radical (unpaired) electrons. The minimum atomic E-state index is -0.373. The first kappa shape index (κ1) is 22.3. The molecule has 0 spiro atoms. The van der Waals surface area contributed by atoms with Gasteiger partial charge in [-0.05, 0) is 48.9 Å². The maximum absolute atomic E-state index is 13.2. The zero-order chi connectivity index (χ0) is 23.4. The SMILES string of the molecule is COc1cccc(Oc2ccc(CNC(=O)c3c(C)nn(-c4ccc(F)cc4)c3Cl)cn2)c1. The molecule has 7 nitrogen and oxygen atoms in total. The van der Waals surface area contributed by atoms with E-state index in [0.717, 1.165) is 5.56 Å². The van der Waals surface area contributed by atoms with Crippen LogP contribution in [0, 0.1) is 12.7 Å². The lowest BCUT2D eigenvalue weighted by atomic mass is 10.2. The third kappa shape index (κ3) is 5.12. The molecule has 168 valence electrons. The van der Waals surface area contributed by atoms with Crippen LogP contribution >= 0.6 is 11.6 Å². The van der Waals surface area contributed by atoms with Crippen LogP contribution < -0.4 is 14.8 Å². The number of aromatic nitrogens is 3. The number of carbonyl (C=O) groups is 1. The zero-order valence-electron chi connectivity index (χ0n) is 17.9.